The Kier molecular flexibility index (Phi) is 4.94. The predicted octanol–water partition coefficient (Wildman–Crippen LogP) is 3.64. The first-order chi connectivity index (χ1) is 10.0. The largest absolute Gasteiger partial charge is 0.497 e. The van der Waals surface area contributed by atoms with Gasteiger partial charge in [-0.25, -0.2) is 0 Å². The van der Waals surface area contributed by atoms with Crippen LogP contribution in [0.15, 0.2) is 42.5 Å². The molecule has 1 atom stereocenters. The lowest BCUT2D eigenvalue weighted by molar-refractivity contribution is -0.118. The van der Waals surface area contributed by atoms with E-state index in [1.54, 1.807) is 49.6 Å². The second kappa shape index (κ2) is 6.70. The molecule has 0 aromatic heterocycles. The van der Waals surface area contributed by atoms with E-state index in [-0.39, 0.29) is 0 Å². The number of benzene rings is 2. The van der Waals surface area contributed by atoms with Gasteiger partial charge in [-0.15, -0.1) is 0 Å². The van der Waals surface area contributed by atoms with Crippen molar-refractivity contribution in [1.29, 1.82) is 0 Å². The minimum Gasteiger partial charge on any atom is -0.497 e. The summed E-state index contributed by atoms with van der Waals surface area (Å²) in [6.45, 7) is 0. The first-order valence-corrected chi connectivity index (χ1v) is 6.92. The van der Waals surface area contributed by atoms with Gasteiger partial charge in [0.05, 0.1) is 17.2 Å². The normalized spacial score (nSPS) is 11.8. The molecule has 0 aliphatic heterocycles. The molecule has 2 aromatic rings. The number of methoxy groups -OCH3 is 1. The van der Waals surface area contributed by atoms with Crippen LogP contribution in [0.25, 0.3) is 0 Å². The predicted molar refractivity (Wildman–Crippen MR) is 85.0 cm³/mol. The number of rotatable bonds is 5. The molecule has 110 valence electrons. The molecule has 0 saturated carbocycles. The summed E-state index contributed by atoms with van der Waals surface area (Å²) in [5.41, 5.74) is 6.69. The molecule has 0 bridgehead atoms. The summed E-state index contributed by atoms with van der Waals surface area (Å²) >= 11 is 12.1. The summed E-state index contributed by atoms with van der Waals surface area (Å²) in [5.74, 6) is 0.113. The molecule has 1 amide bonds. The second-order valence-corrected chi connectivity index (χ2v) is 5.14. The highest BCUT2D eigenvalue weighted by Crippen LogP contribution is 2.32. The lowest BCUT2D eigenvalue weighted by Gasteiger charge is -2.19. The first kappa shape index (κ1) is 15.5. The Balaban J connectivity index is 2.35. The van der Waals surface area contributed by atoms with Gasteiger partial charge in [-0.3, -0.25) is 4.79 Å². The van der Waals surface area contributed by atoms with Gasteiger partial charge in [-0.05, 0) is 18.2 Å². The van der Waals surface area contributed by atoms with Crippen LogP contribution in [0.2, 0.25) is 10.0 Å². The van der Waals surface area contributed by atoms with Gasteiger partial charge in [0.1, 0.15) is 11.8 Å². The van der Waals surface area contributed by atoms with E-state index in [1.807, 2.05) is 0 Å². The van der Waals surface area contributed by atoms with E-state index in [0.29, 0.717) is 27.0 Å². The summed E-state index contributed by atoms with van der Waals surface area (Å²) < 4.78 is 5.14. The molecular formula is C15H14Cl2N2O2. The van der Waals surface area contributed by atoms with Crippen molar-refractivity contribution in [3.8, 4) is 5.75 Å². The van der Waals surface area contributed by atoms with Crippen molar-refractivity contribution in [3.05, 3.63) is 58.1 Å². The number of nitrogens with one attached hydrogen (secondary N) is 1. The zero-order chi connectivity index (χ0) is 15.4. The summed E-state index contributed by atoms with van der Waals surface area (Å²) in [5, 5.41) is 3.71. The van der Waals surface area contributed by atoms with Gasteiger partial charge in [-0.1, -0.05) is 41.4 Å². The number of anilines is 1. The molecule has 0 heterocycles. The van der Waals surface area contributed by atoms with Gasteiger partial charge in [0.15, 0.2) is 0 Å². The van der Waals surface area contributed by atoms with Crippen molar-refractivity contribution in [2.45, 2.75) is 6.04 Å². The van der Waals surface area contributed by atoms with Crippen molar-refractivity contribution in [2.75, 3.05) is 12.4 Å². The molecule has 21 heavy (non-hydrogen) atoms. The summed E-state index contributed by atoms with van der Waals surface area (Å²) in [7, 11) is 1.57. The van der Waals surface area contributed by atoms with Crippen LogP contribution in [-0.2, 0) is 4.79 Å². The van der Waals surface area contributed by atoms with Gasteiger partial charge in [0.2, 0.25) is 5.91 Å². The Morgan fingerprint density at radius 3 is 2.62 bits per heavy atom. The number of ether oxygens (including phenoxy) is 1. The lowest BCUT2D eigenvalue weighted by atomic mass is 10.1. The number of nitrogens with two attached hydrogens (primary N) is 1. The van der Waals surface area contributed by atoms with Crippen molar-refractivity contribution in [1.82, 2.24) is 0 Å². The molecule has 6 heteroatoms. The Bertz CT molecular complexity index is 662. The number of carbonyl (C=O) groups excluding carboxylic acids is 1. The zero-order valence-corrected chi connectivity index (χ0v) is 12.8. The molecule has 0 radical (unpaired) electrons. The number of halogens is 2. The second-order valence-electron chi connectivity index (χ2n) is 4.35. The van der Waals surface area contributed by atoms with Crippen LogP contribution in [-0.4, -0.2) is 13.0 Å². The SMILES string of the molecule is COc1cccc(NC(C(N)=O)c2cccc(Cl)c2Cl)c1. The highest BCUT2D eigenvalue weighted by atomic mass is 35.5. The van der Waals surface area contributed by atoms with Crippen LogP contribution in [0.4, 0.5) is 5.69 Å². The summed E-state index contributed by atoms with van der Waals surface area (Å²) in [6, 6.07) is 11.4. The number of primary amides is 1. The molecule has 0 aliphatic rings. The average molecular weight is 325 g/mol. The maximum atomic E-state index is 11.7. The smallest absolute Gasteiger partial charge is 0.244 e. The lowest BCUT2D eigenvalue weighted by Crippen LogP contribution is -2.28. The molecular weight excluding hydrogens is 311 g/mol. The number of hydrogen-bond donors (Lipinski definition) is 2. The number of carbonyl (C=O) groups is 1. The maximum absolute atomic E-state index is 11.7. The molecule has 0 fully saturated rings. The molecule has 3 N–H and O–H groups in total. The summed E-state index contributed by atoms with van der Waals surface area (Å²) in [6.07, 6.45) is 0. The Morgan fingerprint density at radius 1 is 1.24 bits per heavy atom. The molecule has 2 rings (SSSR count). The fourth-order valence-electron chi connectivity index (χ4n) is 1.93. The third-order valence-corrected chi connectivity index (χ3v) is 3.79. The van der Waals surface area contributed by atoms with Crippen LogP contribution in [0, 0.1) is 0 Å². The fourth-order valence-corrected chi connectivity index (χ4v) is 2.34. The van der Waals surface area contributed by atoms with Crippen LogP contribution in [0.5, 0.6) is 5.75 Å². The number of amides is 1. The molecule has 1 unspecified atom stereocenters. The van der Waals surface area contributed by atoms with Gasteiger partial charge in [-0.2, -0.15) is 0 Å². The van der Waals surface area contributed by atoms with Gasteiger partial charge >= 0.3 is 0 Å². The van der Waals surface area contributed by atoms with E-state index in [1.165, 1.54) is 0 Å². The minimum atomic E-state index is -0.789. The van der Waals surface area contributed by atoms with Crippen LogP contribution >= 0.6 is 23.2 Å². The van der Waals surface area contributed by atoms with Crippen molar-refractivity contribution >= 4 is 34.8 Å². The molecule has 4 nitrogen and oxygen atoms in total. The first-order valence-electron chi connectivity index (χ1n) is 6.16. The maximum Gasteiger partial charge on any atom is 0.244 e. The van der Waals surface area contributed by atoms with Crippen molar-refractivity contribution < 1.29 is 9.53 Å². The quantitative estimate of drug-likeness (QED) is 0.882. The molecule has 0 saturated heterocycles. The topological polar surface area (TPSA) is 64.3 Å². The average Bonchev–Trinajstić information content (AvgIpc) is 2.48. The van der Waals surface area contributed by atoms with Gasteiger partial charge in [0, 0.05) is 17.3 Å². The Hall–Kier alpha value is -1.91. The molecule has 2 aromatic carbocycles. The Morgan fingerprint density at radius 2 is 1.95 bits per heavy atom. The third kappa shape index (κ3) is 3.60. The summed E-state index contributed by atoms with van der Waals surface area (Å²) in [4.78, 5) is 11.7. The van der Waals surface area contributed by atoms with Gasteiger partial charge in [0.25, 0.3) is 0 Å². The highest BCUT2D eigenvalue weighted by molar-refractivity contribution is 6.42. The van der Waals surface area contributed by atoms with E-state index < -0.39 is 11.9 Å². The van der Waals surface area contributed by atoms with E-state index in [2.05, 4.69) is 5.32 Å². The van der Waals surface area contributed by atoms with Crippen molar-refractivity contribution in [2.24, 2.45) is 5.73 Å². The zero-order valence-electron chi connectivity index (χ0n) is 11.3. The van der Waals surface area contributed by atoms with Gasteiger partial charge < -0.3 is 15.8 Å². The fraction of sp³-hybridized carbons (Fsp3) is 0.133. The van der Waals surface area contributed by atoms with E-state index in [9.17, 15) is 4.79 Å². The molecule has 0 spiro atoms. The Labute approximate surface area is 132 Å². The van der Waals surface area contributed by atoms with Crippen LogP contribution in [0.1, 0.15) is 11.6 Å². The third-order valence-electron chi connectivity index (χ3n) is 2.96. The standard InChI is InChI=1S/C15H14Cl2N2O2/c1-21-10-5-2-4-9(8-10)19-14(15(18)20)11-6-3-7-12(16)13(11)17/h2-8,14,19H,1H3,(H2,18,20). The van der Waals surface area contributed by atoms with E-state index >= 15 is 0 Å². The highest BCUT2D eigenvalue weighted by Gasteiger charge is 2.21. The van der Waals surface area contributed by atoms with E-state index in [0.717, 1.165) is 0 Å². The number of hydrogen-bond acceptors (Lipinski definition) is 3. The monoisotopic (exact) mass is 324 g/mol. The van der Waals surface area contributed by atoms with Crippen LogP contribution in [0.3, 0.4) is 0 Å². The molecule has 0 aliphatic carbocycles. The van der Waals surface area contributed by atoms with Crippen molar-refractivity contribution in [3.63, 3.8) is 0 Å². The minimum absolute atomic E-state index is 0.304. The van der Waals surface area contributed by atoms with Crippen LogP contribution < -0.4 is 15.8 Å². The van der Waals surface area contributed by atoms with E-state index in [4.69, 9.17) is 33.7 Å².